The Morgan fingerprint density at radius 3 is 2.86 bits per heavy atom. The third-order valence-corrected chi connectivity index (χ3v) is 4.15. The zero-order chi connectivity index (χ0) is 15.1. The number of nitro benzene ring substituents is 1. The molecule has 0 atom stereocenters. The maximum absolute atomic E-state index is 11.3. The number of furan rings is 1. The lowest BCUT2D eigenvalue weighted by Gasteiger charge is -2.16. The van der Waals surface area contributed by atoms with Gasteiger partial charge in [0, 0.05) is 28.8 Å². The minimum Gasteiger partial charge on any atom is -0.472 e. The number of nitro groups is 1. The van der Waals surface area contributed by atoms with Crippen LogP contribution < -0.4 is 4.57 Å². The lowest BCUT2D eigenvalue weighted by atomic mass is 9.93. The zero-order valence-electron chi connectivity index (χ0n) is 11.7. The van der Waals surface area contributed by atoms with Crippen molar-refractivity contribution in [2.75, 3.05) is 0 Å². The summed E-state index contributed by atoms with van der Waals surface area (Å²) >= 11 is 0. The predicted molar refractivity (Wildman–Crippen MR) is 79.3 cm³/mol. The first-order valence-corrected chi connectivity index (χ1v) is 7.03. The average Bonchev–Trinajstić information content (AvgIpc) is 3.05. The molecule has 1 aliphatic heterocycles. The van der Waals surface area contributed by atoms with Gasteiger partial charge in [0.1, 0.15) is 0 Å². The second-order valence-electron chi connectivity index (χ2n) is 5.36. The van der Waals surface area contributed by atoms with E-state index in [-0.39, 0.29) is 10.6 Å². The second kappa shape index (κ2) is 4.80. The number of benzene rings is 1. The van der Waals surface area contributed by atoms with Crippen molar-refractivity contribution in [3.05, 3.63) is 82.1 Å². The smallest absolute Gasteiger partial charge is 0.273 e. The molecule has 0 spiro atoms. The molecule has 5 heteroatoms. The van der Waals surface area contributed by atoms with Crippen LogP contribution in [0.1, 0.15) is 16.8 Å². The minimum absolute atomic E-state index is 0.200. The predicted octanol–water partition coefficient (Wildman–Crippen LogP) is 3.09. The number of hydrogen-bond donors (Lipinski definition) is 0. The highest BCUT2D eigenvalue weighted by atomic mass is 16.6. The Morgan fingerprint density at radius 2 is 2.09 bits per heavy atom. The number of nitrogens with zero attached hydrogens (tertiary/aromatic N) is 2. The Morgan fingerprint density at radius 1 is 1.18 bits per heavy atom. The quantitative estimate of drug-likeness (QED) is 0.324. The lowest BCUT2D eigenvalue weighted by molar-refractivity contribution is -0.697. The van der Waals surface area contributed by atoms with Gasteiger partial charge in [0.05, 0.1) is 29.4 Å². The molecular formula is C17H13N2O3+. The van der Waals surface area contributed by atoms with Crippen LogP contribution in [-0.2, 0) is 13.0 Å². The summed E-state index contributed by atoms with van der Waals surface area (Å²) in [4.78, 5) is 11.0. The van der Waals surface area contributed by atoms with E-state index in [4.69, 9.17) is 4.42 Å². The van der Waals surface area contributed by atoms with E-state index in [0.29, 0.717) is 13.0 Å². The van der Waals surface area contributed by atoms with Crippen LogP contribution in [0.5, 0.6) is 0 Å². The number of rotatable bonds is 2. The highest BCUT2D eigenvalue weighted by Gasteiger charge is 2.30. The van der Waals surface area contributed by atoms with Gasteiger partial charge in [0.2, 0.25) is 0 Å². The van der Waals surface area contributed by atoms with E-state index < -0.39 is 0 Å². The molecule has 2 aromatic heterocycles. The summed E-state index contributed by atoms with van der Waals surface area (Å²) in [6.45, 7) is 0.651. The van der Waals surface area contributed by atoms with Crippen LogP contribution in [0, 0.1) is 10.1 Å². The summed E-state index contributed by atoms with van der Waals surface area (Å²) in [7, 11) is 0. The molecule has 0 saturated heterocycles. The SMILES string of the molecule is O=[N+]([O-])c1cccc2c1Cc1c(-c3ccoc3)ccc[n+]1C2. The third kappa shape index (κ3) is 1.90. The molecule has 0 saturated carbocycles. The molecule has 0 N–H and O–H groups in total. The average molecular weight is 293 g/mol. The molecule has 0 amide bonds. The molecule has 0 unspecified atom stereocenters. The van der Waals surface area contributed by atoms with Gasteiger partial charge in [-0.25, -0.2) is 0 Å². The van der Waals surface area contributed by atoms with Crippen molar-refractivity contribution in [2.24, 2.45) is 0 Å². The van der Waals surface area contributed by atoms with Gasteiger partial charge in [-0.2, -0.15) is 4.57 Å². The maximum atomic E-state index is 11.3. The van der Waals surface area contributed by atoms with Crippen molar-refractivity contribution >= 4 is 5.69 Å². The molecule has 108 valence electrons. The van der Waals surface area contributed by atoms with E-state index in [0.717, 1.165) is 27.9 Å². The number of hydrogen-bond acceptors (Lipinski definition) is 3. The van der Waals surface area contributed by atoms with Crippen molar-refractivity contribution in [3.63, 3.8) is 0 Å². The highest BCUT2D eigenvalue weighted by Crippen LogP contribution is 2.31. The number of aromatic nitrogens is 1. The standard InChI is InChI=1S/C17H13N2O3/c20-19(21)16-5-1-3-12-10-18-7-2-4-14(13-6-8-22-11-13)17(18)9-15(12)16/h1-8,11H,9-10H2/q+1. The lowest BCUT2D eigenvalue weighted by Crippen LogP contribution is -2.42. The van der Waals surface area contributed by atoms with Gasteiger partial charge < -0.3 is 4.42 Å². The van der Waals surface area contributed by atoms with Gasteiger partial charge in [-0.3, -0.25) is 10.1 Å². The van der Waals surface area contributed by atoms with Gasteiger partial charge in [0.25, 0.3) is 5.69 Å². The van der Waals surface area contributed by atoms with E-state index in [1.54, 1.807) is 24.7 Å². The van der Waals surface area contributed by atoms with Gasteiger partial charge in [-0.15, -0.1) is 0 Å². The molecule has 0 fully saturated rings. The van der Waals surface area contributed by atoms with Crippen LogP contribution in [0.15, 0.2) is 59.5 Å². The summed E-state index contributed by atoms with van der Waals surface area (Å²) in [6, 6.07) is 11.2. The molecule has 0 aliphatic carbocycles. The molecule has 0 radical (unpaired) electrons. The van der Waals surface area contributed by atoms with E-state index in [2.05, 4.69) is 4.57 Å². The summed E-state index contributed by atoms with van der Waals surface area (Å²) in [5.41, 5.74) is 5.14. The molecule has 5 nitrogen and oxygen atoms in total. The van der Waals surface area contributed by atoms with Crippen LogP contribution in [0.2, 0.25) is 0 Å². The van der Waals surface area contributed by atoms with Crippen LogP contribution in [0.25, 0.3) is 11.1 Å². The van der Waals surface area contributed by atoms with Crippen molar-refractivity contribution in [2.45, 2.75) is 13.0 Å². The maximum Gasteiger partial charge on any atom is 0.273 e. The highest BCUT2D eigenvalue weighted by molar-refractivity contribution is 5.65. The molecule has 0 bridgehead atoms. The van der Waals surface area contributed by atoms with Crippen molar-refractivity contribution in [3.8, 4) is 11.1 Å². The first kappa shape index (κ1) is 12.8. The van der Waals surface area contributed by atoms with Crippen LogP contribution in [0.3, 0.4) is 0 Å². The fourth-order valence-electron chi connectivity index (χ4n) is 3.10. The summed E-state index contributed by atoms with van der Waals surface area (Å²) in [6.07, 6.45) is 5.90. The van der Waals surface area contributed by atoms with Crippen LogP contribution in [-0.4, -0.2) is 4.92 Å². The molecule has 1 aliphatic rings. The normalized spacial score (nSPS) is 12.5. The third-order valence-electron chi connectivity index (χ3n) is 4.15. The second-order valence-corrected chi connectivity index (χ2v) is 5.36. The van der Waals surface area contributed by atoms with Gasteiger partial charge >= 0.3 is 0 Å². The summed E-state index contributed by atoms with van der Waals surface area (Å²) in [5, 5.41) is 11.3. The number of pyridine rings is 1. The zero-order valence-corrected chi connectivity index (χ0v) is 11.7. The molecular weight excluding hydrogens is 280 g/mol. The fourth-order valence-corrected chi connectivity index (χ4v) is 3.10. The Labute approximate surface area is 126 Å². The first-order valence-electron chi connectivity index (χ1n) is 7.03. The van der Waals surface area contributed by atoms with E-state index in [1.807, 2.05) is 30.5 Å². The molecule has 3 aromatic rings. The first-order chi connectivity index (χ1) is 10.7. The van der Waals surface area contributed by atoms with Gasteiger partial charge in [-0.05, 0) is 12.1 Å². The summed E-state index contributed by atoms with van der Waals surface area (Å²) < 4.78 is 7.32. The van der Waals surface area contributed by atoms with Crippen molar-refractivity contribution < 1.29 is 13.9 Å². The Bertz CT molecular complexity index is 870. The molecule has 1 aromatic carbocycles. The summed E-state index contributed by atoms with van der Waals surface area (Å²) in [5.74, 6) is 0. The molecule has 4 rings (SSSR count). The fraction of sp³-hybridized carbons (Fsp3) is 0.118. The Kier molecular flexibility index (Phi) is 2.79. The Hall–Kier alpha value is -2.95. The van der Waals surface area contributed by atoms with Gasteiger partial charge in [0.15, 0.2) is 18.4 Å². The molecule has 3 heterocycles. The van der Waals surface area contributed by atoms with Crippen LogP contribution in [0.4, 0.5) is 5.69 Å². The Balaban J connectivity index is 1.89. The van der Waals surface area contributed by atoms with Crippen LogP contribution >= 0.6 is 0 Å². The number of fused-ring (bicyclic) bond motifs is 2. The van der Waals surface area contributed by atoms with E-state index in [9.17, 15) is 10.1 Å². The topological polar surface area (TPSA) is 60.2 Å². The van der Waals surface area contributed by atoms with Crippen molar-refractivity contribution in [1.29, 1.82) is 0 Å². The molecule has 22 heavy (non-hydrogen) atoms. The van der Waals surface area contributed by atoms with E-state index >= 15 is 0 Å². The minimum atomic E-state index is -0.297. The van der Waals surface area contributed by atoms with Gasteiger partial charge in [-0.1, -0.05) is 12.1 Å². The van der Waals surface area contributed by atoms with Crippen molar-refractivity contribution in [1.82, 2.24) is 0 Å². The largest absolute Gasteiger partial charge is 0.472 e. The monoisotopic (exact) mass is 293 g/mol. The van der Waals surface area contributed by atoms with E-state index in [1.165, 1.54) is 0 Å².